The molecule has 176 valence electrons. The first-order chi connectivity index (χ1) is 16.7. The minimum absolute atomic E-state index is 1.01. The lowest BCUT2D eigenvalue weighted by molar-refractivity contribution is 0.825. The molecule has 0 amide bonds. The van der Waals surface area contributed by atoms with Crippen LogP contribution in [0.1, 0.15) is 72.9 Å². The standard InChI is InChI=1S/C33H39N/c1-5-9-11-13-27-19-28(14-12-10-6-2)23-31(22-27)34-32-17-15-25(7-3)20-29(32)24-30-21-26(8-4)16-18-33(30)34/h5-6,15-23H,1-2,7-14,24H2,3-4H3. The summed E-state index contributed by atoms with van der Waals surface area (Å²) in [7, 11) is 0. The Morgan fingerprint density at radius 3 is 1.62 bits per heavy atom. The number of rotatable bonds is 11. The maximum absolute atomic E-state index is 3.91. The third kappa shape index (κ3) is 5.36. The smallest absolute Gasteiger partial charge is 0.0497 e. The molecule has 0 aromatic heterocycles. The fourth-order valence-electron chi connectivity index (χ4n) is 5.11. The Hall–Kier alpha value is -3.06. The van der Waals surface area contributed by atoms with Gasteiger partial charge >= 0.3 is 0 Å². The van der Waals surface area contributed by atoms with E-state index in [0.717, 1.165) is 57.8 Å². The molecule has 1 aliphatic heterocycles. The second kappa shape index (κ2) is 11.4. The van der Waals surface area contributed by atoms with Gasteiger partial charge in [0.25, 0.3) is 0 Å². The van der Waals surface area contributed by atoms with E-state index in [9.17, 15) is 0 Å². The number of aryl methyl sites for hydroxylation is 4. The van der Waals surface area contributed by atoms with Crippen molar-refractivity contribution < 1.29 is 0 Å². The van der Waals surface area contributed by atoms with E-state index in [4.69, 9.17) is 0 Å². The molecule has 0 fully saturated rings. The summed E-state index contributed by atoms with van der Waals surface area (Å²) in [5, 5.41) is 0. The van der Waals surface area contributed by atoms with Crippen molar-refractivity contribution in [2.45, 2.75) is 71.6 Å². The number of allylic oxidation sites excluding steroid dienone is 2. The zero-order valence-corrected chi connectivity index (χ0v) is 21.1. The molecule has 1 heteroatoms. The first-order valence-electron chi connectivity index (χ1n) is 13.0. The molecule has 3 aromatic carbocycles. The van der Waals surface area contributed by atoms with Gasteiger partial charge in [0.1, 0.15) is 0 Å². The highest BCUT2D eigenvalue weighted by Gasteiger charge is 2.25. The number of anilines is 3. The Labute approximate surface area is 206 Å². The van der Waals surface area contributed by atoms with Gasteiger partial charge in [-0.25, -0.2) is 0 Å². The van der Waals surface area contributed by atoms with Gasteiger partial charge in [0.2, 0.25) is 0 Å². The predicted molar refractivity (Wildman–Crippen MR) is 149 cm³/mol. The molecule has 0 unspecified atom stereocenters. The van der Waals surface area contributed by atoms with Crippen molar-refractivity contribution in [3.05, 3.63) is 113 Å². The van der Waals surface area contributed by atoms with Crippen LogP contribution in [-0.2, 0) is 32.1 Å². The molecule has 34 heavy (non-hydrogen) atoms. The SMILES string of the molecule is C=CCCCc1cc(CCCC=C)cc(N2c3ccc(CC)cc3Cc3cc(CC)ccc32)c1. The van der Waals surface area contributed by atoms with Crippen molar-refractivity contribution in [3.63, 3.8) is 0 Å². The zero-order chi connectivity index (χ0) is 23.9. The summed E-state index contributed by atoms with van der Waals surface area (Å²) in [5.41, 5.74) is 12.5. The van der Waals surface area contributed by atoms with Crippen molar-refractivity contribution in [1.29, 1.82) is 0 Å². The monoisotopic (exact) mass is 449 g/mol. The average molecular weight is 450 g/mol. The highest BCUT2D eigenvalue weighted by Crippen LogP contribution is 2.45. The Balaban J connectivity index is 1.82. The van der Waals surface area contributed by atoms with Crippen LogP contribution in [0.15, 0.2) is 79.9 Å². The Morgan fingerprint density at radius 2 is 1.18 bits per heavy atom. The number of benzene rings is 3. The van der Waals surface area contributed by atoms with Crippen LogP contribution in [-0.4, -0.2) is 0 Å². The normalized spacial score (nSPS) is 12.2. The first-order valence-corrected chi connectivity index (χ1v) is 13.0. The van der Waals surface area contributed by atoms with E-state index in [2.05, 4.69) is 86.5 Å². The molecule has 3 aromatic rings. The van der Waals surface area contributed by atoms with Crippen molar-refractivity contribution in [2.75, 3.05) is 4.90 Å². The molecular weight excluding hydrogens is 410 g/mol. The fourth-order valence-corrected chi connectivity index (χ4v) is 5.11. The predicted octanol–water partition coefficient (Wildman–Crippen LogP) is 9.20. The van der Waals surface area contributed by atoms with Gasteiger partial charge < -0.3 is 4.90 Å². The first kappa shape index (κ1) is 24.1. The van der Waals surface area contributed by atoms with E-state index in [1.54, 1.807) is 0 Å². The van der Waals surface area contributed by atoms with Crippen LogP contribution in [0.5, 0.6) is 0 Å². The Bertz CT molecular complexity index is 1070. The maximum atomic E-state index is 3.91. The number of hydrogen-bond acceptors (Lipinski definition) is 1. The average Bonchev–Trinajstić information content (AvgIpc) is 2.86. The fraction of sp³-hybridized carbons (Fsp3) is 0.333. The largest absolute Gasteiger partial charge is 0.310 e. The number of nitrogens with zero attached hydrogens (tertiary/aromatic N) is 1. The van der Waals surface area contributed by atoms with Crippen molar-refractivity contribution in [2.24, 2.45) is 0 Å². The Kier molecular flexibility index (Phi) is 8.06. The van der Waals surface area contributed by atoms with Gasteiger partial charge in [0.15, 0.2) is 0 Å². The van der Waals surface area contributed by atoms with Crippen LogP contribution >= 0.6 is 0 Å². The Morgan fingerprint density at radius 1 is 0.676 bits per heavy atom. The van der Waals surface area contributed by atoms with Gasteiger partial charge in [-0.2, -0.15) is 0 Å². The van der Waals surface area contributed by atoms with E-state index in [1.165, 1.54) is 50.4 Å². The number of unbranched alkanes of at least 4 members (excludes halogenated alkanes) is 2. The molecule has 1 nitrogen and oxygen atoms in total. The summed E-state index contributed by atoms with van der Waals surface area (Å²) in [6.45, 7) is 12.3. The lowest BCUT2D eigenvalue weighted by Crippen LogP contribution is -2.19. The third-order valence-corrected chi connectivity index (χ3v) is 7.01. The molecule has 0 aliphatic carbocycles. The summed E-state index contributed by atoms with van der Waals surface area (Å²) >= 11 is 0. The molecule has 0 atom stereocenters. The summed E-state index contributed by atoms with van der Waals surface area (Å²) in [5.74, 6) is 0. The van der Waals surface area contributed by atoms with Gasteiger partial charge in [-0.1, -0.05) is 56.3 Å². The maximum Gasteiger partial charge on any atom is 0.0497 e. The molecule has 0 N–H and O–H groups in total. The van der Waals surface area contributed by atoms with E-state index in [-0.39, 0.29) is 0 Å². The molecular formula is C33H39N. The number of hydrogen-bond donors (Lipinski definition) is 0. The van der Waals surface area contributed by atoms with Crippen LogP contribution in [0, 0.1) is 0 Å². The van der Waals surface area contributed by atoms with Crippen molar-refractivity contribution in [1.82, 2.24) is 0 Å². The van der Waals surface area contributed by atoms with Crippen molar-refractivity contribution >= 4 is 17.1 Å². The van der Waals surface area contributed by atoms with Gasteiger partial charge in [-0.3, -0.25) is 0 Å². The molecule has 4 rings (SSSR count). The third-order valence-electron chi connectivity index (χ3n) is 7.01. The zero-order valence-electron chi connectivity index (χ0n) is 21.1. The van der Waals surface area contributed by atoms with Gasteiger partial charge in [-0.15, -0.1) is 13.2 Å². The highest BCUT2D eigenvalue weighted by atomic mass is 15.2. The molecule has 0 radical (unpaired) electrons. The molecule has 0 spiro atoms. The molecule has 1 heterocycles. The molecule has 0 saturated heterocycles. The van der Waals surface area contributed by atoms with E-state index < -0.39 is 0 Å². The number of fused-ring (bicyclic) bond motifs is 2. The van der Waals surface area contributed by atoms with Gasteiger partial charge in [0, 0.05) is 23.5 Å². The van der Waals surface area contributed by atoms with E-state index in [0.29, 0.717) is 0 Å². The quantitative estimate of drug-likeness (QED) is 0.163. The second-order valence-corrected chi connectivity index (χ2v) is 9.51. The lowest BCUT2D eigenvalue weighted by Gasteiger charge is -2.34. The van der Waals surface area contributed by atoms with Crippen LogP contribution in [0.25, 0.3) is 0 Å². The van der Waals surface area contributed by atoms with Crippen LogP contribution in [0.3, 0.4) is 0 Å². The minimum atomic E-state index is 1.01. The van der Waals surface area contributed by atoms with E-state index in [1.807, 2.05) is 12.2 Å². The minimum Gasteiger partial charge on any atom is -0.310 e. The van der Waals surface area contributed by atoms with Crippen molar-refractivity contribution in [3.8, 4) is 0 Å². The van der Waals surface area contributed by atoms with Crippen LogP contribution in [0.2, 0.25) is 0 Å². The molecule has 1 aliphatic rings. The summed E-state index contributed by atoms with van der Waals surface area (Å²) in [6, 6.07) is 21.4. The lowest BCUT2D eigenvalue weighted by atomic mass is 9.91. The van der Waals surface area contributed by atoms with Crippen LogP contribution in [0.4, 0.5) is 17.1 Å². The molecule has 0 bridgehead atoms. The van der Waals surface area contributed by atoms with Crippen LogP contribution < -0.4 is 4.90 Å². The summed E-state index contributed by atoms with van der Waals surface area (Å²) in [6.07, 6.45) is 13.8. The topological polar surface area (TPSA) is 3.24 Å². The van der Waals surface area contributed by atoms with E-state index >= 15 is 0 Å². The van der Waals surface area contributed by atoms with Gasteiger partial charge in [-0.05, 0) is 109 Å². The summed E-state index contributed by atoms with van der Waals surface area (Å²) < 4.78 is 0. The van der Waals surface area contributed by atoms with Gasteiger partial charge in [0.05, 0.1) is 0 Å². The molecule has 0 saturated carbocycles. The second-order valence-electron chi connectivity index (χ2n) is 9.51. The highest BCUT2D eigenvalue weighted by molar-refractivity contribution is 5.84. The summed E-state index contributed by atoms with van der Waals surface area (Å²) in [4.78, 5) is 2.51.